The van der Waals surface area contributed by atoms with Crippen LogP contribution in [0.5, 0.6) is 0 Å². The Morgan fingerprint density at radius 1 is 1.00 bits per heavy atom. The molecule has 0 bridgehead atoms. The molecule has 0 saturated carbocycles. The summed E-state index contributed by atoms with van der Waals surface area (Å²) >= 11 is 0. The molecule has 1 aliphatic heterocycles. The van der Waals surface area contributed by atoms with E-state index in [4.69, 9.17) is 0 Å². The summed E-state index contributed by atoms with van der Waals surface area (Å²) in [6.45, 7) is 7.07. The van der Waals surface area contributed by atoms with E-state index < -0.39 is 0 Å². The van der Waals surface area contributed by atoms with Crippen molar-refractivity contribution >= 4 is 5.91 Å². The fourth-order valence-electron chi connectivity index (χ4n) is 4.20. The monoisotopic (exact) mass is 403 g/mol. The molecular formula is C25H29N3O2. The molecule has 0 radical (unpaired) electrons. The van der Waals surface area contributed by atoms with E-state index in [1.807, 2.05) is 36.4 Å². The van der Waals surface area contributed by atoms with Crippen LogP contribution in [-0.4, -0.2) is 39.7 Å². The van der Waals surface area contributed by atoms with Gasteiger partial charge in [-0.25, -0.2) is 0 Å². The van der Waals surface area contributed by atoms with E-state index in [0.29, 0.717) is 18.7 Å². The highest BCUT2D eigenvalue weighted by atomic mass is 16.3. The number of carbonyl (C=O) groups excluding carboxylic acids is 1. The molecule has 1 aromatic heterocycles. The average Bonchev–Trinajstić information content (AvgIpc) is 3.31. The number of amides is 1. The molecule has 1 amide bonds. The average molecular weight is 404 g/mol. The smallest absolute Gasteiger partial charge is 0.251 e. The number of hydrogen-bond donors (Lipinski definition) is 2. The number of aromatic nitrogens is 1. The quantitative estimate of drug-likeness (QED) is 0.661. The van der Waals surface area contributed by atoms with Gasteiger partial charge in [-0.1, -0.05) is 24.3 Å². The number of β-amino-alcohol motifs (C(OH)–C–C–N with tert-alkyl or cyclic N) is 1. The Balaban J connectivity index is 1.40. The predicted octanol–water partition coefficient (Wildman–Crippen LogP) is 3.59. The Bertz CT molecular complexity index is 1000. The Labute approximate surface area is 178 Å². The van der Waals surface area contributed by atoms with Crippen molar-refractivity contribution in [3.05, 3.63) is 88.7 Å². The summed E-state index contributed by atoms with van der Waals surface area (Å²) < 4.78 is 2.17. The SMILES string of the molecule is Cc1ccc(C)n1-c1ccc(C(=O)NCc2ccccc2CN2CC[C@H](O)C2)cc1. The number of hydrogen-bond acceptors (Lipinski definition) is 3. The van der Waals surface area contributed by atoms with Gasteiger partial charge in [-0.2, -0.15) is 0 Å². The highest BCUT2D eigenvalue weighted by Gasteiger charge is 2.20. The van der Waals surface area contributed by atoms with Crippen LogP contribution in [0, 0.1) is 13.8 Å². The maximum atomic E-state index is 12.7. The van der Waals surface area contributed by atoms with E-state index in [1.165, 1.54) is 17.0 Å². The molecule has 30 heavy (non-hydrogen) atoms. The molecule has 5 nitrogen and oxygen atoms in total. The van der Waals surface area contributed by atoms with E-state index in [0.717, 1.165) is 30.8 Å². The van der Waals surface area contributed by atoms with Crippen LogP contribution in [0.4, 0.5) is 0 Å². The molecule has 1 fully saturated rings. The zero-order valence-electron chi connectivity index (χ0n) is 17.6. The molecule has 5 heteroatoms. The van der Waals surface area contributed by atoms with Gasteiger partial charge in [0.25, 0.3) is 5.91 Å². The van der Waals surface area contributed by atoms with E-state index in [-0.39, 0.29) is 12.0 Å². The molecule has 4 rings (SSSR count). The fraction of sp³-hybridized carbons (Fsp3) is 0.320. The zero-order valence-corrected chi connectivity index (χ0v) is 17.6. The summed E-state index contributed by atoms with van der Waals surface area (Å²) in [7, 11) is 0. The third-order valence-corrected chi connectivity index (χ3v) is 5.86. The van der Waals surface area contributed by atoms with Gasteiger partial charge in [0, 0.05) is 48.8 Å². The lowest BCUT2D eigenvalue weighted by Crippen LogP contribution is -2.25. The van der Waals surface area contributed by atoms with Crippen LogP contribution in [-0.2, 0) is 13.1 Å². The normalized spacial score (nSPS) is 16.7. The Morgan fingerprint density at radius 2 is 1.67 bits per heavy atom. The number of carbonyl (C=O) groups is 1. The first-order valence-corrected chi connectivity index (χ1v) is 10.5. The molecule has 0 aliphatic carbocycles. The number of aliphatic hydroxyl groups is 1. The molecule has 3 aromatic rings. The van der Waals surface area contributed by atoms with Crippen molar-refractivity contribution in [3.63, 3.8) is 0 Å². The van der Waals surface area contributed by atoms with Gasteiger partial charge in [-0.15, -0.1) is 0 Å². The van der Waals surface area contributed by atoms with Crippen LogP contribution in [0.3, 0.4) is 0 Å². The predicted molar refractivity (Wildman–Crippen MR) is 119 cm³/mol. The van der Waals surface area contributed by atoms with E-state index >= 15 is 0 Å². The minimum atomic E-state index is -0.223. The van der Waals surface area contributed by atoms with Gasteiger partial charge in [0.1, 0.15) is 0 Å². The van der Waals surface area contributed by atoms with Gasteiger partial charge in [-0.3, -0.25) is 9.69 Å². The van der Waals surface area contributed by atoms with Crippen LogP contribution in [0.15, 0.2) is 60.7 Å². The summed E-state index contributed by atoms with van der Waals surface area (Å²) in [5.41, 5.74) is 6.37. The van der Waals surface area contributed by atoms with Gasteiger partial charge in [0.2, 0.25) is 0 Å². The molecule has 1 aliphatic rings. The Morgan fingerprint density at radius 3 is 2.30 bits per heavy atom. The van der Waals surface area contributed by atoms with E-state index in [2.05, 4.69) is 52.9 Å². The first kappa shape index (κ1) is 20.4. The maximum absolute atomic E-state index is 12.7. The van der Waals surface area contributed by atoms with Gasteiger partial charge >= 0.3 is 0 Å². The second-order valence-electron chi connectivity index (χ2n) is 8.13. The van der Waals surface area contributed by atoms with Crippen molar-refractivity contribution in [1.82, 2.24) is 14.8 Å². The molecule has 1 atom stereocenters. The van der Waals surface area contributed by atoms with Crippen LogP contribution in [0.1, 0.15) is 39.3 Å². The lowest BCUT2D eigenvalue weighted by atomic mass is 10.1. The fourth-order valence-corrected chi connectivity index (χ4v) is 4.20. The van der Waals surface area contributed by atoms with Gasteiger partial charge in [0.05, 0.1) is 6.10 Å². The van der Waals surface area contributed by atoms with Gasteiger partial charge in [-0.05, 0) is 67.8 Å². The lowest BCUT2D eigenvalue weighted by molar-refractivity contribution is 0.0951. The molecule has 2 heterocycles. The number of rotatable bonds is 6. The third kappa shape index (κ3) is 4.48. The minimum absolute atomic E-state index is 0.0751. The summed E-state index contributed by atoms with van der Waals surface area (Å²) in [6, 6.07) is 20.1. The summed E-state index contributed by atoms with van der Waals surface area (Å²) in [5, 5.41) is 12.8. The highest BCUT2D eigenvalue weighted by molar-refractivity contribution is 5.94. The molecule has 2 N–H and O–H groups in total. The largest absolute Gasteiger partial charge is 0.392 e. The van der Waals surface area contributed by atoms with Crippen molar-refractivity contribution in [2.75, 3.05) is 13.1 Å². The molecule has 2 aromatic carbocycles. The van der Waals surface area contributed by atoms with Crippen LogP contribution >= 0.6 is 0 Å². The first-order valence-electron chi connectivity index (χ1n) is 10.5. The number of benzene rings is 2. The second-order valence-corrected chi connectivity index (χ2v) is 8.13. The Kier molecular flexibility index (Phi) is 6.02. The van der Waals surface area contributed by atoms with Crippen LogP contribution in [0.2, 0.25) is 0 Å². The summed E-state index contributed by atoms with van der Waals surface area (Å²) in [6.07, 6.45) is 0.607. The third-order valence-electron chi connectivity index (χ3n) is 5.86. The zero-order chi connectivity index (χ0) is 21.1. The molecule has 0 unspecified atom stereocenters. The molecule has 1 saturated heterocycles. The van der Waals surface area contributed by atoms with Crippen LogP contribution in [0.25, 0.3) is 5.69 Å². The number of likely N-dealkylation sites (tertiary alicyclic amines) is 1. The first-order chi connectivity index (χ1) is 14.5. The van der Waals surface area contributed by atoms with Crippen molar-refractivity contribution in [3.8, 4) is 5.69 Å². The number of aliphatic hydroxyl groups excluding tert-OH is 1. The van der Waals surface area contributed by atoms with E-state index in [1.54, 1.807) is 0 Å². The van der Waals surface area contributed by atoms with Crippen molar-refractivity contribution < 1.29 is 9.90 Å². The van der Waals surface area contributed by atoms with Crippen molar-refractivity contribution in [1.29, 1.82) is 0 Å². The standard InChI is InChI=1S/C25H29N3O2/c1-18-7-8-19(2)28(18)23-11-9-20(10-12-23)25(30)26-15-21-5-3-4-6-22(21)16-27-14-13-24(29)17-27/h3-12,24,29H,13-17H2,1-2H3,(H,26,30)/t24-/m0/s1. The minimum Gasteiger partial charge on any atom is -0.392 e. The van der Waals surface area contributed by atoms with Crippen molar-refractivity contribution in [2.24, 2.45) is 0 Å². The van der Waals surface area contributed by atoms with Gasteiger partial charge < -0.3 is 15.0 Å². The second kappa shape index (κ2) is 8.86. The van der Waals surface area contributed by atoms with Gasteiger partial charge in [0.15, 0.2) is 0 Å². The highest BCUT2D eigenvalue weighted by Crippen LogP contribution is 2.18. The number of nitrogens with one attached hydrogen (secondary N) is 1. The molecule has 0 spiro atoms. The Hall–Kier alpha value is -2.89. The number of nitrogens with zero attached hydrogens (tertiary/aromatic N) is 2. The summed E-state index contributed by atoms with van der Waals surface area (Å²) in [4.78, 5) is 14.9. The molecule has 156 valence electrons. The lowest BCUT2D eigenvalue weighted by Gasteiger charge is -2.18. The van der Waals surface area contributed by atoms with E-state index in [9.17, 15) is 9.90 Å². The van der Waals surface area contributed by atoms with Crippen molar-refractivity contribution in [2.45, 2.75) is 39.5 Å². The molecular weight excluding hydrogens is 374 g/mol. The van der Waals surface area contributed by atoms with Crippen LogP contribution < -0.4 is 5.32 Å². The summed E-state index contributed by atoms with van der Waals surface area (Å²) in [5.74, 6) is -0.0751. The maximum Gasteiger partial charge on any atom is 0.251 e. The number of aryl methyl sites for hydroxylation is 2. The topological polar surface area (TPSA) is 57.5 Å².